The van der Waals surface area contributed by atoms with E-state index in [1.165, 1.54) is 29.7 Å². The molecule has 0 unspecified atom stereocenters. The van der Waals surface area contributed by atoms with Crippen molar-refractivity contribution in [3.05, 3.63) is 26.6 Å². The van der Waals surface area contributed by atoms with Gasteiger partial charge in [0.05, 0.1) is 11.9 Å². The first-order valence-electron chi connectivity index (χ1n) is 7.87. The molecule has 0 aliphatic heterocycles. The van der Waals surface area contributed by atoms with Gasteiger partial charge in [-0.15, -0.1) is 11.3 Å². The molecule has 5 heteroatoms. The monoisotopic (exact) mass is 303 g/mol. The molecular weight excluding hydrogens is 282 g/mol. The Kier molecular flexibility index (Phi) is 3.15. The Morgan fingerprint density at radius 1 is 1.43 bits per heavy atom. The predicted molar refractivity (Wildman–Crippen MR) is 85.9 cm³/mol. The number of hydrogen-bond donors (Lipinski definition) is 1. The smallest absolute Gasteiger partial charge is 0.259 e. The van der Waals surface area contributed by atoms with E-state index in [1.54, 1.807) is 11.3 Å². The van der Waals surface area contributed by atoms with Gasteiger partial charge in [-0.2, -0.15) is 0 Å². The second-order valence-electron chi connectivity index (χ2n) is 6.54. The van der Waals surface area contributed by atoms with Crippen LogP contribution < -0.4 is 5.56 Å². The lowest BCUT2D eigenvalue weighted by Crippen LogP contribution is -2.31. The molecule has 2 aromatic rings. The molecule has 2 aliphatic carbocycles. The quantitative estimate of drug-likeness (QED) is 0.945. The third-order valence-electron chi connectivity index (χ3n) is 5.02. The molecule has 0 spiro atoms. The molecule has 0 amide bonds. The summed E-state index contributed by atoms with van der Waals surface area (Å²) in [6.45, 7) is 3.00. The van der Waals surface area contributed by atoms with Crippen molar-refractivity contribution >= 4 is 21.6 Å². The lowest BCUT2D eigenvalue weighted by Gasteiger charge is -2.23. The minimum Gasteiger partial charge on any atom is -0.309 e. The van der Waals surface area contributed by atoms with Gasteiger partial charge in [-0.3, -0.25) is 9.69 Å². The first kappa shape index (κ1) is 13.5. The second-order valence-corrected chi connectivity index (χ2v) is 7.63. The van der Waals surface area contributed by atoms with Gasteiger partial charge in [-0.05, 0) is 57.6 Å². The van der Waals surface area contributed by atoms with E-state index in [-0.39, 0.29) is 5.56 Å². The highest BCUT2D eigenvalue weighted by Crippen LogP contribution is 2.36. The standard InChI is InChI=1S/C16H21N3OS/c1-9(10-6-7-10)19(2)8-13-17-15(20)14-11-4-3-5-12(11)21-16(14)18-13/h9-10H,3-8H2,1-2H3,(H,17,18,20)/t9-/m0/s1. The largest absolute Gasteiger partial charge is 0.309 e. The normalized spacial score (nSPS) is 19.4. The zero-order chi connectivity index (χ0) is 14.6. The predicted octanol–water partition coefficient (Wildman–Crippen LogP) is 2.70. The molecule has 21 heavy (non-hydrogen) atoms. The average molecular weight is 303 g/mol. The van der Waals surface area contributed by atoms with Gasteiger partial charge < -0.3 is 4.98 Å². The SMILES string of the molecule is C[C@@H](C1CC1)N(C)Cc1nc2sc3c(c2c(=O)[nH]1)CCC3. The number of rotatable bonds is 4. The van der Waals surface area contributed by atoms with Crippen molar-refractivity contribution in [2.45, 2.75) is 51.6 Å². The van der Waals surface area contributed by atoms with E-state index >= 15 is 0 Å². The molecule has 4 nitrogen and oxygen atoms in total. The second kappa shape index (κ2) is 4.92. The van der Waals surface area contributed by atoms with Crippen LogP contribution in [0.3, 0.4) is 0 Å². The third-order valence-corrected chi connectivity index (χ3v) is 6.21. The van der Waals surface area contributed by atoms with E-state index in [0.29, 0.717) is 6.04 Å². The Balaban J connectivity index is 1.66. The summed E-state index contributed by atoms with van der Waals surface area (Å²) in [5, 5.41) is 0.856. The summed E-state index contributed by atoms with van der Waals surface area (Å²) in [5.41, 5.74) is 1.32. The van der Waals surface area contributed by atoms with Crippen molar-refractivity contribution in [3.8, 4) is 0 Å². The molecule has 2 aliphatic rings. The van der Waals surface area contributed by atoms with E-state index in [0.717, 1.165) is 41.3 Å². The number of nitrogens with zero attached hydrogens (tertiary/aromatic N) is 2. The maximum absolute atomic E-state index is 12.4. The van der Waals surface area contributed by atoms with Crippen molar-refractivity contribution in [3.63, 3.8) is 0 Å². The van der Waals surface area contributed by atoms with Crippen LogP contribution in [0.5, 0.6) is 0 Å². The van der Waals surface area contributed by atoms with E-state index in [2.05, 4.69) is 23.9 Å². The summed E-state index contributed by atoms with van der Waals surface area (Å²) < 4.78 is 0. The molecule has 1 N–H and O–H groups in total. The molecule has 0 bridgehead atoms. The summed E-state index contributed by atoms with van der Waals surface area (Å²) in [7, 11) is 2.13. The zero-order valence-electron chi connectivity index (χ0n) is 12.6. The molecule has 0 saturated heterocycles. The molecule has 0 radical (unpaired) electrons. The van der Waals surface area contributed by atoms with Crippen molar-refractivity contribution in [2.75, 3.05) is 7.05 Å². The minimum absolute atomic E-state index is 0.0573. The van der Waals surface area contributed by atoms with Gasteiger partial charge in [0, 0.05) is 10.9 Å². The first-order chi connectivity index (χ1) is 10.1. The van der Waals surface area contributed by atoms with Crippen LogP contribution in [0.1, 0.15) is 42.5 Å². The van der Waals surface area contributed by atoms with Crippen LogP contribution in [0.15, 0.2) is 4.79 Å². The number of H-pyrrole nitrogens is 1. The Morgan fingerprint density at radius 3 is 3.00 bits per heavy atom. The molecule has 4 rings (SSSR count). The fourth-order valence-corrected chi connectivity index (χ4v) is 4.72. The highest BCUT2D eigenvalue weighted by Gasteiger charge is 2.30. The van der Waals surface area contributed by atoms with Crippen LogP contribution in [-0.2, 0) is 19.4 Å². The fraction of sp³-hybridized carbons (Fsp3) is 0.625. The van der Waals surface area contributed by atoms with Crippen LogP contribution in [0.4, 0.5) is 0 Å². The number of thiophene rings is 1. The highest BCUT2D eigenvalue weighted by atomic mass is 32.1. The fourth-order valence-electron chi connectivity index (χ4n) is 3.44. The number of aromatic nitrogens is 2. The maximum atomic E-state index is 12.4. The Morgan fingerprint density at radius 2 is 2.24 bits per heavy atom. The van der Waals surface area contributed by atoms with Crippen molar-refractivity contribution in [1.82, 2.24) is 14.9 Å². The van der Waals surface area contributed by atoms with Crippen molar-refractivity contribution in [2.24, 2.45) is 5.92 Å². The number of fused-ring (bicyclic) bond motifs is 3. The summed E-state index contributed by atoms with van der Waals surface area (Å²) in [4.78, 5) is 24.8. The summed E-state index contributed by atoms with van der Waals surface area (Å²) in [6.07, 6.45) is 6.01. The summed E-state index contributed by atoms with van der Waals surface area (Å²) in [6, 6.07) is 0.569. The number of hydrogen-bond acceptors (Lipinski definition) is 4. The van der Waals surface area contributed by atoms with E-state index in [4.69, 9.17) is 4.98 Å². The molecule has 112 valence electrons. The van der Waals surface area contributed by atoms with Gasteiger partial charge in [0.1, 0.15) is 10.7 Å². The van der Waals surface area contributed by atoms with Crippen LogP contribution in [0, 0.1) is 5.92 Å². The average Bonchev–Trinajstić information content (AvgIpc) is 3.09. The molecule has 2 heterocycles. The Bertz CT molecular complexity index is 744. The minimum atomic E-state index is 0.0573. The zero-order valence-corrected chi connectivity index (χ0v) is 13.4. The molecule has 1 atom stereocenters. The van der Waals surface area contributed by atoms with Crippen LogP contribution in [-0.4, -0.2) is 28.0 Å². The van der Waals surface area contributed by atoms with E-state index in [9.17, 15) is 4.79 Å². The lowest BCUT2D eigenvalue weighted by molar-refractivity contribution is 0.221. The maximum Gasteiger partial charge on any atom is 0.259 e. The summed E-state index contributed by atoms with van der Waals surface area (Å²) in [5.74, 6) is 1.64. The lowest BCUT2D eigenvalue weighted by atomic mass is 10.2. The van der Waals surface area contributed by atoms with Gasteiger partial charge in [0.15, 0.2) is 0 Å². The molecule has 2 aromatic heterocycles. The van der Waals surface area contributed by atoms with Crippen LogP contribution in [0.25, 0.3) is 10.2 Å². The molecule has 1 saturated carbocycles. The molecule has 1 fully saturated rings. The Labute approximate surface area is 128 Å². The van der Waals surface area contributed by atoms with Gasteiger partial charge in [-0.25, -0.2) is 4.98 Å². The number of nitrogens with one attached hydrogen (secondary N) is 1. The van der Waals surface area contributed by atoms with Gasteiger partial charge in [-0.1, -0.05) is 0 Å². The first-order valence-corrected chi connectivity index (χ1v) is 8.69. The van der Waals surface area contributed by atoms with E-state index < -0.39 is 0 Å². The van der Waals surface area contributed by atoms with E-state index in [1.807, 2.05) is 0 Å². The molecule has 0 aromatic carbocycles. The van der Waals surface area contributed by atoms with Gasteiger partial charge in [0.25, 0.3) is 5.56 Å². The number of aryl methyl sites for hydroxylation is 2. The third kappa shape index (κ3) is 2.32. The van der Waals surface area contributed by atoms with Crippen molar-refractivity contribution < 1.29 is 0 Å². The van der Waals surface area contributed by atoms with Gasteiger partial charge >= 0.3 is 0 Å². The summed E-state index contributed by atoms with van der Waals surface area (Å²) >= 11 is 1.72. The topological polar surface area (TPSA) is 49.0 Å². The highest BCUT2D eigenvalue weighted by molar-refractivity contribution is 7.18. The molecular formula is C16H21N3OS. The number of aromatic amines is 1. The van der Waals surface area contributed by atoms with Gasteiger partial charge in [0.2, 0.25) is 0 Å². The van der Waals surface area contributed by atoms with Crippen molar-refractivity contribution in [1.29, 1.82) is 0 Å². The Hall–Kier alpha value is -1.20. The van der Waals surface area contributed by atoms with Crippen LogP contribution >= 0.6 is 11.3 Å². The van der Waals surface area contributed by atoms with Crippen LogP contribution in [0.2, 0.25) is 0 Å².